The van der Waals surface area contributed by atoms with Crippen LogP contribution in [0.15, 0.2) is 58.1 Å². The van der Waals surface area contributed by atoms with Gasteiger partial charge < -0.3 is 4.42 Å². The first-order valence-corrected chi connectivity index (χ1v) is 9.92. The summed E-state index contributed by atoms with van der Waals surface area (Å²) >= 11 is 3.04. The van der Waals surface area contributed by atoms with E-state index in [1.54, 1.807) is 23.5 Å². The summed E-state index contributed by atoms with van der Waals surface area (Å²) < 4.78 is 8.84. The summed E-state index contributed by atoms with van der Waals surface area (Å²) in [4.78, 5) is 11.1. The van der Waals surface area contributed by atoms with Crippen molar-refractivity contribution in [1.82, 2.24) is 24.8 Å². The Balaban J connectivity index is 1.36. The van der Waals surface area contributed by atoms with Crippen LogP contribution in [-0.2, 0) is 5.75 Å². The summed E-state index contributed by atoms with van der Waals surface area (Å²) in [6, 6.07) is 14.0. The van der Waals surface area contributed by atoms with E-state index in [0.29, 0.717) is 23.1 Å². The second-order valence-corrected chi connectivity index (χ2v) is 7.72. The highest BCUT2D eigenvalue weighted by Gasteiger charge is 2.15. The van der Waals surface area contributed by atoms with Crippen LogP contribution in [0.4, 0.5) is 5.69 Å². The number of nitro benzene ring substituents is 1. The Hall–Kier alpha value is -3.31. The predicted octanol–water partition coefficient (Wildman–Crippen LogP) is 4.19. The Morgan fingerprint density at radius 3 is 2.71 bits per heavy atom. The molecule has 3 heterocycles. The predicted molar refractivity (Wildman–Crippen MR) is 104 cm³/mol. The van der Waals surface area contributed by atoms with Crippen LogP contribution in [0, 0.1) is 10.1 Å². The van der Waals surface area contributed by atoms with Gasteiger partial charge in [-0.15, -0.1) is 20.4 Å². The highest BCUT2D eigenvalue weighted by molar-refractivity contribution is 7.98. The first-order chi connectivity index (χ1) is 13.7. The second kappa shape index (κ2) is 6.69. The molecule has 28 heavy (non-hydrogen) atoms. The summed E-state index contributed by atoms with van der Waals surface area (Å²) in [7, 11) is 0. The van der Waals surface area contributed by atoms with Crippen molar-refractivity contribution in [3.05, 3.63) is 64.5 Å². The van der Waals surface area contributed by atoms with Crippen LogP contribution in [0.3, 0.4) is 0 Å². The smallest absolute Gasteiger partial charge is 0.269 e. The van der Waals surface area contributed by atoms with Crippen molar-refractivity contribution < 1.29 is 9.34 Å². The zero-order chi connectivity index (χ0) is 19.1. The second-order valence-electron chi connectivity index (χ2n) is 5.76. The van der Waals surface area contributed by atoms with Crippen LogP contribution in [0.2, 0.25) is 0 Å². The van der Waals surface area contributed by atoms with Gasteiger partial charge in [-0.3, -0.25) is 14.5 Å². The molecule has 0 bridgehead atoms. The van der Waals surface area contributed by atoms with Crippen LogP contribution in [-0.4, -0.2) is 29.7 Å². The van der Waals surface area contributed by atoms with Crippen LogP contribution in [0.25, 0.3) is 26.6 Å². The van der Waals surface area contributed by atoms with E-state index >= 15 is 0 Å². The molecule has 5 rings (SSSR count). The molecule has 5 aromatic rings. The fraction of sp³-hybridized carbons (Fsp3) is 0.0588. The van der Waals surface area contributed by atoms with Crippen molar-refractivity contribution in [2.24, 2.45) is 0 Å². The maximum Gasteiger partial charge on any atom is 0.269 e. The van der Waals surface area contributed by atoms with Crippen LogP contribution in [0.1, 0.15) is 5.89 Å². The molecular formula is C17H10N6O3S2. The minimum Gasteiger partial charge on any atom is -0.420 e. The van der Waals surface area contributed by atoms with Crippen molar-refractivity contribution in [3.63, 3.8) is 0 Å². The van der Waals surface area contributed by atoms with Crippen molar-refractivity contribution in [2.45, 2.75) is 10.9 Å². The van der Waals surface area contributed by atoms with Gasteiger partial charge in [-0.1, -0.05) is 35.2 Å². The number of aromatic nitrogens is 5. The molecule has 0 aliphatic carbocycles. The molecule has 0 unspecified atom stereocenters. The van der Waals surface area contributed by atoms with Crippen LogP contribution >= 0.6 is 23.1 Å². The Morgan fingerprint density at radius 2 is 1.89 bits per heavy atom. The zero-order valence-corrected chi connectivity index (χ0v) is 15.7. The maximum atomic E-state index is 10.7. The number of benzene rings is 2. The molecule has 0 atom stereocenters. The Kier molecular flexibility index (Phi) is 4.02. The molecule has 0 fully saturated rings. The first-order valence-electron chi connectivity index (χ1n) is 8.12. The van der Waals surface area contributed by atoms with E-state index in [-0.39, 0.29) is 5.69 Å². The van der Waals surface area contributed by atoms with Crippen molar-refractivity contribution >= 4 is 44.0 Å². The maximum absolute atomic E-state index is 10.7. The van der Waals surface area contributed by atoms with Gasteiger partial charge in [-0.05, 0) is 24.3 Å². The average Bonchev–Trinajstić information content (AvgIpc) is 3.42. The molecule has 11 heteroatoms. The molecular weight excluding hydrogens is 400 g/mol. The number of non-ortho nitro benzene ring substituents is 1. The molecule has 0 saturated carbocycles. The quantitative estimate of drug-likeness (QED) is 0.241. The van der Waals surface area contributed by atoms with Gasteiger partial charge in [0.15, 0.2) is 5.16 Å². The van der Waals surface area contributed by atoms with Crippen molar-refractivity contribution in [1.29, 1.82) is 0 Å². The average molecular weight is 410 g/mol. The SMILES string of the molecule is O=[N+]([O-])c1ccc(-c2nnc(CSc3nnc4sc5ccccc5n34)o2)cc1. The molecule has 0 spiro atoms. The Morgan fingerprint density at radius 1 is 1.07 bits per heavy atom. The molecule has 3 aromatic heterocycles. The standard InChI is InChI=1S/C17H10N6O3S2/c24-23(25)11-7-5-10(6-8-11)15-19-18-14(26-15)9-27-16-20-21-17-22(16)12-3-1-2-4-13(12)28-17/h1-8H,9H2. The molecule has 0 aliphatic heterocycles. The van der Waals surface area contributed by atoms with Crippen LogP contribution < -0.4 is 0 Å². The van der Waals surface area contributed by atoms with E-state index in [9.17, 15) is 10.1 Å². The lowest BCUT2D eigenvalue weighted by atomic mass is 10.2. The topological polar surface area (TPSA) is 112 Å². The molecule has 0 radical (unpaired) electrons. The number of rotatable bonds is 5. The van der Waals surface area contributed by atoms with Crippen molar-refractivity contribution in [2.75, 3.05) is 0 Å². The minimum absolute atomic E-state index is 0.0119. The van der Waals surface area contributed by atoms with Gasteiger partial charge in [0.1, 0.15) is 0 Å². The van der Waals surface area contributed by atoms with E-state index in [1.807, 2.05) is 22.6 Å². The number of nitrogens with zero attached hydrogens (tertiary/aromatic N) is 6. The third-order valence-corrected chi connectivity index (χ3v) is 5.95. The van der Waals surface area contributed by atoms with E-state index in [0.717, 1.165) is 20.3 Å². The van der Waals surface area contributed by atoms with E-state index < -0.39 is 4.92 Å². The summed E-state index contributed by atoms with van der Waals surface area (Å²) in [5.41, 5.74) is 1.70. The number of nitro groups is 1. The molecule has 0 aliphatic rings. The molecule has 0 N–H and O–H groups in total. The zero-order valence-electron chi connectivity index (χ0n) is 14.1. The molecule has 9 nitrogen and oxygen atoms in total. The summed E-state index contributed by atoms with van der Waals surface area (Å²) in [6.45, 7) is 0. The van der Waals surface area contributed by atoms with Gasteiger partial charge in [0.2, 0.25) is 16.7 Å². The Bertz CT molecular complexity index is 1310. The molecule has 0 saturated heterocycles. The minimum atomic E-state index is -0.451. The third kappa shape index (κ3) is 2.90. The Labute approximate surface area is 165 Å². The number of thioether (sulfide) groups is 1. The monoisotopic (exact) mass is 410 g/mol. The van der Waals surface area contributed by atoms with Gasteiger partial charge in [-0.25, -0.2) is 0 Å². The van der Waals surface area contributed by atoms with Crippen molar-refractivity contribution in [3.8, 4) is 11.5 Å². The normalized spacial score (nSPS) is 11.4. The highest BCUT2D eigenvalue weighted by atomic mass is 32.2. The van der Waals surface area contributed by atoms with Gasteiger partial charge in [0, 0.05) is 17.7 Å². The van der Waals surface area contributed by atoms with Gasteiger partial charge >= 0.3 is 0 Å². The summed E-state index contributed by atoms with van der Waals surface area (Å²) in [6.07, 6.45) is 0. The summed E-state index contributed by atoms with van der Waals surface area (Å²) in [5, 5.41) is 28.1. The number of para-hydroxylation sites is 1. The lowest BCUT2D eigenvalue weighted by molar-refractivity contribution is -0.384. The fourth-order valence-corrected chi connectivity index (χ4v) is 4.53. The van der Waals surface area contributed by atoms with Gasteiger partial charge in [0.25, 0.3) is 5.69 Å². The van der Waals surface area contributed by atoms with E-state index in [1.165, 1.54) is 23.9 Å². The fourth-order valence-electron chi connectivity index (χ4n) is 2.73. The van der Waals surface area contributed by atoms with E-state index in [2.05, 4.69) is 26.5 Å². The number of thiazole rings is 1. The van der Waals surface area contributed by atoms with E-state index in [4.69, 9.17) is 4.42 Å². The lowest BCUT2D eigenvalue weighted by Crippen LogP contribution is -1.87. The number of hydrogen-bond donors (Lipinski definition) is 0. The lowest BCUT2D eigenvalue weighted by Gasteiger charge is -1.97. The largest absolute Gasteiger partial charge is 0.420 e. The highest BCUT2D eigenvalue weighted by Crippen LogP contribution is 2.31. The molecule has 2 aromatic carbocycles. The van der Waals surface area contributed by atoms with Gasteiger partial charge in [0.05, 0.1) is 20.9 Å². The van der Waals surface area contributed by atoms with Crippen LogP contribution in [0.5, 0.6) is 0 Å². The van der Waals surface area contributed by atoms with Gasteiger partial charge in [-0.2, -0.15) is 0 Å². The molecule has 0 amide bonds. The number of hydrogen-bond acceptors (Lipinski definition) is 9. The first kappa shape index (κ1) is 16.8. The third-order valence-electron chi connectivity index (χ3n) is 4.03. The summed E-state index contributed by atoms with van der Waals surface area (Å²) in [5.74, 6) is 1.19. The number of fused-ring (bicyclic) bond motifs is 3. The molecule has 138 valence electrons.